The van der Waals surface area contributed by atoms with E-state index in [1.165, 1.54) is 17.0 Å². The van der Waals surface area contributed by atoms with Crippen LogP contribution in [0.1, 0.15) is 23.6 Å². The van der Waals surface area contributed by atoms with Crippen molar-refractivity contribution in [3.63, 3.8) is 0 Å². The average molecular weight is 361 g/mol. The van der Waals surface area contributed by atoms with E-state index in [2.05, 4.69) is 10.3 Å². The van der Waals surface area contributed by atoms with Crippen LogP contribution in [0.3, 0.4) is 0 Å². The number of hydrogen-bond acceptors (Lipinski definition) is 2. The maximum absolute atomic E-state index is 14.2. The van der Waals surface area contributed by atoms with Crippen molar-refractivity contribution in [2.45, 2.75) is 12.3 Å². The molecule has 1 atom stereocenters. The lowest BCUT2D eigenvalue weighted by Gasteiger charge is -2.24. The molecule has 1 N–H and O–H groups in total. The van der Waals surface area contributed by atoms with E-state index >= 15 is 0 Å². The van der Waals surface area contributed by atoms with Crippen molar-refractivity contribution in [3.8, 4) is 5.69 Å². The van der Waals surface area contributed by atoms with Gasteiger partial charge in [-0.25, -0.2) is 22.5 Å². The molecule has 0 radical (unpaired) electrons. The van der Waals surface area contributed by atoms with Crippen LogP contribution in [0.15, 0.2) is 42.7 Å². The van der Waals surface area contributed by atoms with Gasteiger partial charge in [-0.2, -0.15) is 0 Å². The topological polar surface area (TPSA) is 46.9 Å². The number of nitrogens with one attached hydrogen (secondary N) is 1. The third-order valence-corrected chi connectivity index (χ3v) is 4.25. The number of fused-ring (bicyclic) bond motifs is 1. The van der Waals surface area contributed by atoms with Gasteiger partial charge in [-0.15, -0.1) is 0 Å². The van der Waals surface area contributed by atoms with Crippen molar-refractivity contribution in [1.82, 2.24) is 9.55 Å². The van der Waals surface area contributed by atoms with Gasteiger partial charge < -0.3 is 5.32 Å². The molecule has 3 aromatic rings. The molecule has 1 amide bonds. The van der Waals surface area contributed by atoms with Crippen LogP contribution in [-0.4, -0.2) is 15.5 Å². The number of hydrogen-bond donors (Lipinski definition) is 1. The predicted molar refractivity (Wildman–Crippen MR) is 84.9 cm³/mol. The maximum atomic E-state index is 14.2. The molecule has 4 rings (SSSR count). The number of rotatable bonds is 2. The van der Waals surface area contributed by atoms with E-state index in [9.17, 15) is 22.4 Å². The first-order chi connectivity index (χ1) is 12.4. The Morgan fingerprint density at radius 2 is 1.69 bits per heavy atom. The van der Waals surface area contributed by atoms with Gasteiger partial charge in [-0.3, -0.25) is 9.36 Å². The van der Waals surface area contributed by atoms with Crippen LogP contribution in [0.4, 0.5) is 23.4 Å². The first-order valence-corrected chi connectivity index (χ1v) is 7.71. The minimum absolute atomic E-state index is 0.0891. The Bertz CT molecular complexity index is 991. The van der Waals surface area contributed by atoms with Crippen molar-refractivity contribution < 1.29 is 22.4 Å². The molecule has 8 heteroatoms. The molecule has 2 aromatic carbocycles. The summed E-state index contributed by atoms with van der Waals surface area (Å²) >= 11 is 0. The van der Waals surface area contributed by atoms with E-state index in [4.69, 9.17) is 0 Å². The third-order valence-electron chi connectivity index (χ3n) is 4.25. The third kappa shape index (κ3) is 2.63. The minimum atomic E-state index is -0.945. The zero-order valence-electron chi connectivity index (χ0n) is 13.1. The Morgan fingerprint density at radius 1 is 1.04 bits per heavy atom. The number of anilines is 1. The number of imidazole rings is 1. The zero-order chi connectivity index (χ0) is 18.4. The number of halogens is 4. The van der Waals surface area contributed by atoms with Crippen molar-refractivity contribution in [2.24, 2.45) is 0 Å². The highest BCUT2D eigenvalue weighted by Gasteiger charge is 2.34. The largest absolute Gasteiger partial charge is 0.310 e. The Labute approximate surface area is 145 Å². The molecule has 2 heterocycles. The van der Waals surface area contributed by atoms with Gasteiger partial charge >= 0.3 is 0 Å². The van der Waals surface area contributed by atoms with Gasteiger partial charge in [-0.05, 0) is 24.3 Å². The molecule has 0 bridgehead atoms. The second kappa shape index (κ2) is 5.98. The van der Waals surface area contributed by atoms with Crippen molar-refractivity contribution >= 4 is 11.7 Å². The second-order valence-corrected chi connectivity index (χ2v) is 5.92. The van der Waals surface area contributed by atoms with Gasteiger partial charge in [0, 0.05) is 24.0 Å². The van der Waals surface area contributed by atoms with Crippen LogP contribution in [0.2, 0.25) is 0 Å². The second-order valence-electron chi connectivity index (χ2n) is 5.92. The number of nitrogens with zero attached hydrogens (tertiary/aromatic N) is 2. The molecule has 0 aliphatic carbocycles. The summed E-state index contributed by atoms with van der Waals surface area (Å²) in [7, 11) is 0. The van der Waals surface area contributed by atoms with Crippen molar-refractivity contribution in [1.29, 1.82) is 0 Å². The van der Waals surface area contributed by atoms with Gasteiger partial charge in [0.15, 0.2) is 0 Å². The van der Waals surface area contributed by atoms with Crippen LogP contribution in [0, 0.1) is 23.3 Å². The lowest BCUT2D eigenvalue weighted by Crippen LogP contribution is -2.26. The first-order valence-electron chi connectivity index (χ1n) is 7.71. The lowest BCUT2D eigenvalue weighted by atomic mass is 9.89. The molecule has 0 unspecified atom stereocenters. The van der Waals surface area contributed by atoms with E-state index < -0.39 is 35.1 Å². The summed E-state index contributed by atoms with van der Waals surface area (Å²) in [5, 5.41) is 2.56. The van der Waals surface area contributed by atoms with Crippen LogP contribution in [-0.2, 0) is 4.79 Å². The summed E-state index contributed by atoms with van der Waals surface area (Å²) in [4.78, 5) is 16.2. The number of carbonyl (C=O) groups excluding carboxylic acids is 1. The molecule has 4 nitrogen and oxygen atoms in total. The van der Waals surface area contributed by atoms with E-state index in [1.807, 2.05) is 0 Å². The number of amides is 1. The fourth-order valence-electron chi connectivity index (χ4n) is 3.16. The summed E-state index contributed by atoms with van der Waals surface area (Å²) in [5.41, 5.74) is 0.0451. The highest BCUT2D eigenvalue weighted by Crippen LogP contribution is 2.39. The molecule has 1 aliphatic heterocycles. The Hall–Kier alpha value is -3.16. The monoisotopic (exact) mass is 361 g/mol. The minimum Gasteiger partial charge on any atom is -0.310 e. The SMILES string of the molecule is O=C1C[C@@H](c2c(F)cccc2F)c2ncn(-c3cc(F)cc(F)c3)c2N1. The van der Waals surface area contributed by atoms with Crippen LogP contribution < -0.4 is 5.32 Å². The molecule has 0 saturated heterocycles. The molecular formula is C18H11F4N3O. The highest BCUT2D eigenvalue weighted by molar-refractivity contribution is 5.94. The summed E-state index contributed by atoms with van der Waals surface area (Å²) in [6.07, 6.45) is 1.05. The fourth-order valence-corrected chi connectivity index (χ4v) is 3.16. The predicted octanol–water partition coefficient (Wildman–Crippen LogP) is 3.90. The van der Waals surface area contributed by atoms with E-state index in [0.29, 0.717) is 6.07 Å². The smallest absolute Gasteiger partial charge is 0.226 e. The standard InChI is InChI=1S/C18H11F4N3O/c19-9-4-10(20)6-11(5-9)25-8-23-17-12(7-15(26)24-18(17)25)16-13(21)2-1-3-14(16)22/h1-6,8,12H,7H2,(H,24,26)/t12-/m0/s1. The molecule has 1 aliphatic rings. The fraction of sp³-hybridized carbons (Fsp3) is 0.111. The highest BCUT2D eigenvalue weighted by atomic mass is 19.1. The number of carbonyl (C=O) groups is 1. The number of benzene rings is 2. The molecule has 26 heavy (non-hydrogen) atoms. The van der Waals surface area contributed by atoms with Gasteiger partial charge in [0.1, 0.15) is 35.4 Å². The molecule has 132 valence electrons. The Morgan fingerprint density at radius 3 is 2.35 bits per heavy atom. The van der Waals surface area contributed by atoms with Gasteiger partial charge in [-0.1, -0.05) is 6.07 Å². The van der Waals surface area contributed by atoms with E-state index in [-0.39, 0.29) is 29.2 Å². The van der Waals surface area contributed by atoms with Crippen molar-refractivity contribution in [2.75, 3.05) is 5.32 Å². The van der Waals surface area contributed by atoms with E-state index in [0.717, 1.165) is 24.3 Å². The van der Waals surface area contributed by atoms with Gasteiger partial charge in [0.05, 0.1) is 11.4 Å². The lowest BCUT2D eigenvalue weighted by molar-refractivity contribution is -0.116. The molecule has 0 fully saturated rings. The molecular weight excluding hydrogens is 350 g/mol. The Kier molecular flexibility index (Phi) is 3.75. The first kappa shape index (κ1) is 16.3. The van der Waals surface area contributed by atoms with Gasteiger partial charge in [0.2, 0.25) is 5.91 Å². The van der Waals surface area contributed by atoms with Gasteiger partial charge in [0.25, 0.3) is 0 Å². The Balaban J connectivity index is 1.88. The quantitative estimate of drug-likeness (QED) is 0.704. The maximum Gasteiger partial charge on any atom is 0.226 e. The molecule has 1 aromatic heterocycles. The molecule has 0 saturated carbocycles. The molecule has 0 spiro atoms. The summed E-state index contributed by atoms with van der Waals surface area (Å²) < 4.78 is 56.7. The van der Waals surface area contributed by atoms with E-state index in [1.54, 1.807) is 0 Å². The average Bonchev–Trinajstić information content (AvgIpc) is 2.97. The van der Waals surface area contributed by atoms with Crippen LogP contribution >= 0.6 is 0 Å². The zero-order valence-corrected chi connectivity index (χ0v) is 13.1. The normalized spacial score (nSPS) is 16.3. The van der Waals surface area contributed by atoms with Crippen LogP contribution in [0.25, 0.3) is 5.69 Å². The van der Waals surface area contributed by atoms with Crippen molar-refractivity contribution in [3.05, 3.63) is 77.3 Å². The summed E-state index contributed by atoms with van der Waals surface area (Å²) in [6, 6.07) is 6.26. The number of aromatic nitrogens is 2. The summed E-state index contributed by atoms with van der Waals surface area (Å²) in [6.45, 7) is 0. The summed E-state index contributed by atoms with van der Waals surface area (Å²) in [5.74, 6) is -4.49. The van der Waals surface area contributed by atoms with Crippen LogP contribution in [0.5, 0.6) is 0 Å².